The van der Waals surface area contributed by atoms with Crippen LogP contribution in [0, 0.1) is 17.2 Å². The lowest BCUT2D eigenvalue weighted by atomic mass is 10.2. The van der Waals surface area contributed by atoms with Crippen LogP contribution >= 0.6 is 0 Å². The minimum absolute atomic E-state index is 0.113. The van der Waals surface area contributed by atoms with Crippen LogP contribution in [0.1, 0.15) is 33.1 Å². The molecule has 2 nitrogen and oxygen atoms in total. The zero-order valence-corrected chi connectivity index (χ0v) is 9.85. The summed E-state index contributed by atoms with van der Waals surface area (Å²) in [5, 5.41) is 8.45. The lowest BCUT2D eigenvalue weighted by Gasteiger charge is -2.23. The number of rotatable bonds is 7. The summed E-state index contributed by atoms with van der Waals surface area (Å²) in [5.41, 5.74) is 0. The first-order chi connectivity index (χ1) is 7.35. The molecule has 0 heterocycles. The van der Waals surface area contributed by atoms with Crippen LogP contribution in [0.3, 0.4) is 0 Å². The Hall–Kier alpha value is -0.760. The van der Waals surface area contributed by atoms with E-state index < -0.39 is 12.6 Å². The second kappa shape index (κ2) is 7.50. The Balaban J connectivity index is 3.87. The highest BCUT2D eigenvalue weighted by Crippen LogP contribution is 2.21. The van der Waals surface area contributed by atoms with Crippen molar-refractivity contribution in [1.29, 1.82) is 5.26 Å². The predicted octanol–water partition coefficient (Wildman–Crippen LogP) is 3.20. The molecule has 0 aliphatic rings. The van der Waals surface area contributed by atoms with Gasteiger partial charge in [0.05, 0.1) is 6.07 Å². The Labute approximate surface area is 95.0 Å². The molecule has 0 rings (SSSR count). The minimum Gasteiger partial charge on any atom is -0.302 e. The molecule has 0 bridgehead atoms. The van der Waals surface area contributed by atoms with Gasteiger partial charge in [0, 0.05) is 25.9 Å². The molecule has 5 heteroatoms. The van der Waals surface area contributed by atoms with Gasteiger partial charge in [0.2, 0.25) is 0 Å². The molecule has 0 fully saturated rings. The van der Waals surface area contributed by atoms with Gasteiger partial charge in [0.25, 0.3) is 0 Å². The Morgan fingerprint density at radius 3 is 2.31 bits per heavy atom. The molecule has 94 valence electrons. The first-order valence-corrected chi connectivity index (χ1v) is 5.51. The van der Waals surface area contributed by atoms with E-state index in [0.29, 0.717) is 25.4 Å². The fraction of sp³-hybridized carbons (Fsp3) is 0.909. The molecule has 0 aliphatic heterocycles. The smallest absolute Gasteiger partial charge is 0.302 e. The van der Waals surface area contributed by atoms with Crippen LogP contribution < -0.4 is 0 Å². The first kappa shape index (κ1) is 15.2. The highest BCUT2D eigenvalue weighted by atomic mass is 19.4. The average Bonchev–Trinajstić information content (AvgIpc) is 2.11. The number of hydrogen-bond donors (Lipinski definition) is 0. The van der Waals surface area contributed by atoms with Crippen LogP contribution in [-0.2, 0) is 0 Å². The van der Waals surface area contributed by atoms with Crippen molar-refractivity contribution >= 4 is 0 Å². The van der Waals surface area contributed by atoms with Gasteiger partial charge in [-0.1, -0.05) is 13.8 Å². The fourth-order valence-corrected chi connectivity index (χ4v) is 1.52. The molecule has 0 saturated heterocycles. The SMILES string of the molecule is CC(C)CN(CCC#N)CCCC(F)(F)F. The highest BCUT2D eigenvalue weighted by molar-refractivity contribution is 4.73. The lowest BCUT2D eigenvalue weighted by Crippen LogP contribution is -2.30. The summed E-state index contributed by atoms with van der Waals surface area (Å²) in [5.74, 6) is 0.407. The zero-order chi connectivity index (χ0) is 12.6. The van der Waals surface area contributed by atoms with Crippen molar-refractivity contribution in [2.75, 3.05) is 19.6 Å². The van der Waals surface area contributed by atoms with Gasteiger partial charge in [-0.2, -0.15) is 18.4 Å². The van der Waals surface area contributed by atoms with Crippen LogP contribution in [0.5, 0.6) is 0 Å². The summed E-state index contributed by atoms with van der Waals surface area (Å²) in [6.07, 6.45) is -4.33. The summed E-state index contributed by atoms with van der Waals surface area (Å²) in [7, 11) is 0. The predicted molar refractivity (Wildman–Crippen MR) is 56.8 cm³/mol. The van der Waals surface area contributed by atoms with Crippen LogP contribution in [0.25, 0.3) is 0 Å². The van der Waals surface area contributed by atoms with E-state index in [4.69, 9.17) is 5.26 Å². The van der Waals surface area contributed by atoms with Crippen LogP contribution in [0.2, 0.25) is 0 Å². The summed E-state index contributed by atoms with van der Waals surface area (Å²) < 4.78 is 35.8. The Kier molecular flexibility index (Phi) is 7.15. The summed E-state index contributed by atoms with van der Waals surface area (Å²) in [4.78, 5) is 1.93. The van der Waals surface area contributed by atoms with E-state index in [1.165, 1.54) is 0 Å². The Morgan fingerprint density at radius 1 is 1.25 bits per heavy atom. The van der Waals surface area contributed by atoms with Crippen molar-refractivity contribution in [2.45, 2.75) is 39.3 Å². The maximum Gasteiger partial charge on any atom is 0.389 e. The molecule has 0 aromatic carbocycles. The van der Waals surface area contributed by atoms with Crippen LogP contribution in [-0.4, -0.2) is 30.7 Å². The maximum atomic E-state index is 11.9. The molecule has 0 aliphatic carbocycles. The van der Waals surface area contributed by atoms with Crippen molar-refractivity contribution in [3.63, 3.8) is 0 Å². The van der Waals surface area contributed by atoms with Crippen molar-refractivity contribution in [3.05, 3.63) is 0 Å². The van der Waals surface area contributed by atoms with E-state index in [9.17, 15) is 13.2 Å². The normalized spacial score (nSPS) is 12.1. The topological polar surface area (TPSA) is 27.0 Å². The number of alkyl halides is 3. The van der Waals surface area contributed by atoms with Gasteiger partial charge < -0.3 is 4.90 Å². The fourth-order valence-electron chi connectivity index (χ4n) is 1.52. The van der Waals surface area contributed by atoms with E-state index in [0.717, 1.165) is 6.54 Å². The lowest BCUT2D eigenvalue weighted by molar-refractivity contribution is -0.136. The molecular weight excluding hydrogens is 217 g/mol. The number of hydrogen-bond acceptors (Lipinski definition) is 2. The Bertz CT molecular complexity index is 218. The largest absolute Gasteiger partial charge is 0.389 e. The molecule has 0 unspecified atom stereocenters. The molecule has 0 aromatic heterocycles. The number of nitrogens with zero attached hydrogens (tertiary/aromatic N) is 2. The molecule has 0 saturated carbocycles. The summed E-state index contributed by atoms with van der Waals surface area (Å²) >= 11 is 0. The van der Waals surface area contributed by atoms with Crippen molar-refractivity contribution < 1.29 is 13.2 Å². The molecule has 0 amide bonds. The number of nitriles is 1. The first-order valence-electron chi connectivity index (χ1n) is 5.51. The highest BCUT2D eigenvalue weighted by Gasteiger charge is 2.26. The van der Waals surface area contributed by atoms with E-state index in [1.807, 2.05) is 24.8 Å². The van der Waals surface area contributed by atoms with Crippen molar-refractivity contribution in [3.8, 4) is 6.07 Å². The molecular formula is C11H19F3N2. The van der Waals surface area contributed by atoms with Gasteiger partial charge in [-0.3, -0.25) is 0 Å². The molecule has 0 atom stereocenters. The van der Waals surface area contributed by atoms with Crippen molar-refractivity contribution in [1.82, 2.24) is 4.90 Å². The molecule has 0 N–H and O–H groups in total. The second-order valence-electron chi connectivity index (χ2n) is 4.32. The van der Waals surface area contributed by atoms with E-state index in [2.05, 4.69) is 0 Å². The second-order valence-corrected chi connectivity index (χ2v) is 4.32. The molecule has 0 radical (unpaired) electrons. The van der Waals surface area contributed by atoms with E-state index in [-0.39, 0.29) is 6.42 Å². The van der Waals surface area contributed by atoms with Gasteiger partial charge in [-0.15, -0.1) is 0 Å². The zero-order valence-electron chi connectivity index (χ0n) is 9.85. The van der Waals surface area contributed by atoms with Crippen LogP contribution in [0.4, 0.5) is 13.2 Å². The number of halogens is 3. The molecule has 0 aromatic rings. The standard InChI is InChI=1S/C11H19F3N2/c1-10(2)9-16(8-4-6-15)7-3-5-11(12,13)14/h10H,3-5,7-9H2,1-2H3. The average molecular weight is 236 g/mol. The van der Waals surface area contributed by atoms with E-state index in [1.54, 1.807) is 0 Å². The molecule has 16 heavy (non-hydrogen) atoms. The Morgan fingerprint density at radius 2 is 1.88 bits per heavy atom. The van der Waals surface area contributed by atoms with Gasteiger partial charge in [0.15, 0.2) is 0 Å². The minimum atomic E-state index is -4.07. The van der Waals surface area contributed by atoms with Crippen LogP contribution in [0.15, 0.2) is 0 Å². The van der Waals surface area contributed by atoms with E-state index >= 15 is 0 Å². The quantitative estimate of drug-likeness (QED) is 0.678. The molecule has 0 spiro atoms. The third-order valence-electron chi connectivity index (χ3n) is 2.10. The van der Waals surface area contributed by atoms with Gasteiger partial charge >= 0.3 is 6.18 Å². The van der Waals surface area contributed by atoms with Gasteiger partial charge in [-0.05, 0) is 18.9 Å². The van der Waals surface area contributed by atoms with Crippen molar-refractivity contribution in [2.24, 2.45) is 5.92 Å². The van der Waals surface area contributed by atoms with Gasteiger partial charge in [0.1, 0.15) is 0 Å². The third kappa shape index (κ3) is 9.78. The van der Waals surface area contributed by atoms with Gasteiger partial charge in [-0.25, -0.2) is 0 Å². The monoisotopic (exact) mass is 236 g/mol. The summed E-state index contributed by atoms with van der Waals surface area (Å²) in [6.45, 7) is 5.76. The summed E-state index contributed by atoms with van der Waals surface area (Å²) in [6, 6.07) is 2.01. The third-order valence-corrected chi connectivity index (χ3v) is 2.10. The maximum absolute atomic E-state index is 11.9.